The fraction of sp³-hybridized carbons (Fsp3) is 0.615. The maximum Gasteiger partial charge on any atom is 0.161 e. The Hall–Kier alpha value is -0.710. The van der Waals surface area contributed by atoms with E-state index in [1.807, 2.05) is 0 Å². The van der Waals surface area contributed by atoms with E-state index in [0.717, 1.165) is 12.4 Å². The van der Waals surface area contributed by atoms with Crippen molar-refractivity contribution in [3.63, 3.8) is 0 Å². The van der Waals surface area contributed by atoms with Gasteiger partial charge in [-0.05, 0) is 31.2 Å². The van der Waals surface area contributed by atoms with Crippen LogP contribution in [0.25, 0.3) is 0 Å². The Morgan fingerprint density at radius 1 is 1.32 bits per heavy atom. The van der Waals surface area contributed by atoms with Crippen molar-refractivity contribution in [3.8, 4) is 0 Å². The molecule has 0 aliphatic carbocycles. The Labute approximate surface area is 124 Å². The summed E-state index contributed by atoms with van der Waals surface area (Å²) in [7, 11) is 0. The summed E-state index contributed by atoms with van der Waals surface area (Å²) >= 11 is 12.3. The van der Waals surface area contributed by atoms with E-state index in [2.05, 4.69) is 36.1 Å². The number of nitrogen functional groups attached to an aromatic ring is 1. The Kier molecular flexibility index (Phi) is 4.43. The minimum Gasteiger partial charge on any atom is -0.352 e. The predicted octanol–water partition coefficient (Wildman–Crippen LogP) is 3.54. The standard InChI is InChI=1S/C13H20Cl2N4/c1-7-4-8(2)9(3)19(6-7)13-11(15)5-10(14)12(17-13)18-16/h5,7-9H,4,6,16H2,1-3H3,(H,17,18). The molecule has 3 N–H and O–H groups in total. The van der Waals surface area contributed by atoms with E-state index >= 15 is 0 Å². The molecule has 0 spiro atoms. The van der Waals surface area contributed by atoms with Gasteiger partial charge in [0.1, 0.15) is 5.82 Å². The summed E-state index contributed by atoms with van der Waals surface area (Å²) < 4.78 is 0. The van der Waals surface area contributed by atoms with Gasteiger partial charge < -0.3 is 10.3 Å². The Bertz CT molecular complexity index is 466. The molecule has 3 atom stereocenters. The van der Waals surface area contributed by atoms with E-state index in [-0.39, 0.29) is 0 Å². The van der Waals surface area contributed by atoms with Gasteiger partial charge in [0.2, 0.25) is 0 Å². The molecular weight excluding hydrogens is 283 g/mol. The number of nitrogens with one attached hydrogen (secondary N) is 1. The molecule has 4 nitrogen and oxygen atoms in total. The van der Waals surface area contributed by atoms with E-state index in [9.17, 15) is 0 Å². The normalized spacial score (nSPS) is 27.5. The molecule has 3 unspecified atom stereocenters. The third kappa shape index (κ3) is 2.91. The summed E-state index contributed by atoms with van der Waals surface area (Å²) in [6.07, 6.45) is 1.23. The van der Waals surface area contributed by atoms with Gasteiger partial charge in [-0.2, -0.15) is 0 Å². The van der Waals surface area contributed by atoms with Crippen molar-refractivity contribution in [2.75, 3.05) is 16.9 Å². The first-order valence-electron chi connectivity index (χ1n) is 6.53. The van der Waals surface area contributed by atoms with Crippen molar-refractivity contribution in [1.29, 1.82) is 0 Å². The van der Waals surface area contributed by atoms with Gasteiger partial charge in [0, 0.05) is 12.6 Å². The van der Waals surface area contributed by atoms with Gasteiger partial charge >= 0.3 is 0 Å². The first-order chi connectivity index (χ1) is 8.93. The Morgan fingerprint density at radius 2 is 2.00 bits per heavy atom. The highest BCUT2D eigenvalue weighted by Crippen LogP contribution is 2.36. The monoisotopic (exact) mass is 302 g/mol. The quantitative estimate of drug-likeness (QED) is 0.648. The molecule has 2 heterocycles. The zero-order valence-corrected chi connectivity index (χ0v) is 13.0. The van der Waals surface area contributed by atoms with Crippen LogP contribution in [0.1, 0.15) is 27.2 Å². The molecular formula is C13H20Cl2N4. The lowest BCUT2D eigenvalue weighted by atomic mass is 9.86. The van der Waals surface area contributed by atoms with Crippen molar-refractivity contribution in [1.82, 2.24) is 4.98 Å². The minimum atomic E-state index is 0.396. The molecule has 0 saturated carbocycles. The van der Waals surface area contributed by atoms with Crippen LogP contribution < -0.4 is 16.2 Å². The molecule has 0 amide bonds. The van der Waals surface area contributed by atoms with E-state index in [1.54, 1.807) is 6.07 Å². The summed E-state index contributed by atoms with van der Waals surface area (Å²) in [6.45, 7) is 7.67. The predicted molar refractivity (Wildman–Crippen MR) is 81.8 cm³/mol. The van der Waals surface area contributed by atoms with Gasteiger partial charge in [-0.25, -0.2) is 10.8 Å². The number of piperidine rings is 1. The minimum absolute atomic E-state index is 0.396. The highest BCUT2D eigenvalue weighted by atomic mass is 35.5. The van der Waals surface area contributed by atoms with E-state index in [1.165, 1.54) is 6.42 Å². The molecule has 106 valence electrons. The molecule has 1 aliphatic rings. The summed E-state index contributed by atoms with van der Waals surface area (Å²) in [5.41, 5.74) is 2.51. The van der Waals surface area contributed by atoms with Crippen LogP contribution in [0.3, 0.4) is 0 Å². The number of hydrogen-bond acceptors (Lipinski definition) is 4. The molecule has 0 aromatic carbocycles. The van der Waals surface area contributed by atoms with Crippen LogP contribution in [0.15, 0.2) is 6.07 Å². The van der Waals surface area contributed by atoms with Gasteiger partial charge in [0.05, 0.1) is 10.0 Å². The molecule has 1 aromatic rings. The third-order valence-corrected chi connectivity index (χ3v) is 4.48. The van der Waals surface area contributed by atoms with Crippen LogP contribution in [0.2, 0.25) is 10.0 Å². The second-order valence-electron chi connectivity index (χ2n) is 5.48. The van der Waals surface area contributed by atoms with Gasteiger partial charge in [-0.1, -0.05) is 37.0 Å². The van der Waals surface area contributed by atoms with Gasteiger partial charge in [0.15, 0.2) is 5.82 Å². The van der Waals surface area contributed by atoms with Gasteiger partial charge in [0.25, 0.3) is 0 Å². The van der Waals surface area contributed by atoms with Crippen LogP contribution in [0, 0.1) is 11.8 Å². The number of nitrogens with zero attached hydrogens (tertiary/aromatic N) is 2. The average Bonchev–Trinajstić information content (AvgIpc) is 2.34. The SMILES string of the molecule is CC1CC(C)C(C)N(c2nc(NN)c(Cl)cc2Cl)C1. The Morgan fingerprint density at radius 3 is 2.63 bits per heavy atom. The van der Waals surface area contributed by atoms with E-state index < -0.39 is 0 Å². The van der Waals surface area contributed by atoms with Crippen molar-refractivity contribution < 1.29 is 0 Å². The number of hydrogen-bond donors (Lipinski definition) is 2. The summed E-state index contributed by atoms with van der Waals surface area (Å²) in [6, 6.07) is 2.09. The highest BCUT2D eigenvalue weighted by Gasteiger charge is 2.31. The number of aromatic nitrogens is 1. The molecule has 1 aromatic heterocycles. The maximum absolute atomic E-state index is 6.30. The van der Waals surface area contributed by atoms with Crippen LogP contribution in [-0.2, 0) is 0 Å². The lowest BCUT2D eigenvalue weighted by molar-refractivity contribution is 0.295. The van der Waals surface area contributed by atoms with Crippen LogP contribution >= 0.6 is 23.2 Å². The van der Waals surface area contributed by atoms with Crippen molar-refractivity contribution in [3.05, 3.63) is 16.1 Å². The number of anilines is 2. The second-order valence-corrected chi connectivity index (χ2v) is 6.29. The third-order valence-electron chi connectivity index (χ3n) is 3.92. The first kappa shape index (κ1) is 14.7. The number of nitrogens with two attached hydrogens (primary N) is 1. The Balaban J connectivity index is 2.39. The van der Waals surface area contributed by atoms with Crippen LogP contribution in [0.4, 0.5) is 11.6 Å². The number of hydrazine groups is 1. The molecule has 1 saturated heterocycles. The van der Waals surface area contributed by atoms with Gasteiger partial charge in [-0.15, -0.1) is 0 Å². The lowest BCUT2D eigenvalue weighted by Gasteiger charge is -2.42. The van der Waals surface area contributed by atoms with Gasteiger partial charge in [-0.3, -0.25) is 0 Å². The molecule has 2 rings (SSSR count). The van der Waals surface area contributed by atoms with Crippen molar-refractivity contribution >= 4 is 34.8 Å². The molecule has 1 aliphatic heterocycles. The topological polar surface area (TPSA) is 54.2 Å². The van der Waals surface area contributed by atoms with E-state index in [4.69, 9.17) is 29.0 Å². The second kappa shape index (κ2) is 5.73. The maximum atomic E-state index is 6.30. The summed E-state index contributed by atoms with van der Waals surface area (Å²) in [5.74, 6) is 7.86. The summed E-state index contributed by atoms with van der Waals surface area (Å²) in [5, 5.41) is 0.999. The molecule has 0 radical (unpaired) electrons. The lowest BCUT2D eigenvalue weighted by Crippen LogP contribution is -2.46. The summed E-state index contributed by atoms with van der Waals surface area (Å²) in [4.78, 5) is 6.71. The van der Waals surface area contributed by atoms with E-state index in [0.29, 0.717) is 33.7 Å². The van der Waals surface area contributed by atoms with Crippen molar-refractivity contribution in [2.45, 2.75) is 33.2 Å². The molecule has 1 fully saturated rings. The average molecular weight is 303 g/mol. The molecule has 6 heteroatoms. The first-order valence-corrected chi connectivity index (χ1v) is 7.29. The molecule has 19 heavy (non-hydrogen) atoms. The zero-order chi connectivity index (χ0) is 14.2. The highest BCUT2D eigenvalue weighted by molar-refractivity contribution is 6.37. The largest absolute Gasteiger partial charge is 0.352 e. The van der Waals surface area contributed by atoms with Crippen LogP contribution in [0.5, 0.6) is 0 Å². The fourth-order valence-corrected chi connectivity index (χ4v) is 3.28. The number of pyridine rings is 1. The van der Waals surface area contributed by atoms with Crippen molar-refractivity contribution in [2.24, 2.45) is 17.7 Å². The number of rotatable bonds is 2. The molecule has 0 bridgehead atoms. The van der Waals surface area contributed by atoms with Crippen LogP contribution in [-0.4, -0.2) is 17.6 Å². The number of halogens is 2. The zero-order valence-electron chi connectivity index (χ0n) is 11.5. The smallest absolute Gasteiger partial charge is 0.161 e. The fourth-order valence-electron chi connectivity index (χ4n) is 2.75.